The molecule has 0 unspecified atom stereocenters. The van der Waals surface area contributed by atoms with Crippen LogP contribution >= 0.6 is 0 Å². The minimum Gasteiger partial charge on any atom is -0.508 e. The van der Waals surface area contributed by atoms with Gasteiger partial charge < -0.3 is 10.4 Å². The van der Waals surface area contributed by atoms with Gasteiger partial charge in [-0.3, -0.25) is 9.48 Å². The third kappa shape index (κ3) is 2.88. The molecule has 1 heterocycles. The second-order valence-corrected chi connectivity index (χ2v) is 4.00. The predicted molar refractivity (Wildman–Crippen MR) is 67.4 cm³/mol. The highest BCUT2D eigenvalue weighted by Gasteiger charge is 2.05. The van der Waals surface area contributed by atoms with E-state index in [0.29, 0.717) is 12.1 Å². The molecular weight excluding hydrogens is 230 g/mol. The zero-order valence-corrected chi connectivity index (χ0v) is 10.1. The SMILES string of the molecule is Cn1nccc1CCNC(=O)c1ccc(O)cc1. The van der Waals surface area contributed by atoms with Crippen molar-refractivity contribution < 1.29 is 9.90 Å². The fourth-order valence-electron chi connectivity index (χ4n) is 1.67. The maximum absolute atomic E-state index is 11.8. The molecule has 18 heavy (non-hydrogen) atoms. The van der Waals surface area contributed by atoms with Gasteiger partial charge >= 0.3 is 0 Å². The maximum Gasteiger partial charge on any atom is 0.251 e. The van der Waals surface area contributed by atoms with Gasteiger partial charge in [-0.1, -0.05) is 0 Å². The first-order valence-electron chi connectivity index (χ1n) is 5.71. The molecule has 2 aromatic rings. The topological polar surface area (TPSA) is 67.2 Å². The van der Waals surface area contributed by atoms with E-state index in [1.807, 2.05) is 13.1 Å². The molecule has 0 fully saturated rings. The number of benzene rings is 1. The predicted octanol–water partition coefficient (Wildman–Crippen LogP) is 1.10. The molecule has 2 rings (SSSR count). The van der Waals surface area contributed by atoms with E-state index in [-0.39, 0.29) is 11.7 Å². The van der Waals surface area contributed by atoms with E-state index < -0.39 is 0 Å². The Labute approximate surface area is 105 Å². The number of aromatic hydroxyl groups is 1. The van der Waals surface area contributed by atoms with E-state index in [1.54, 1.807) is 23.0 Å². The number of aryl methyl sites for hydroxylation is 1. The summed E-state index contributed by atoms with van der Waals surface area (Å²) in [6.07, 6.45) is 2.47. The Kier molecular flexibility index (Phi) is 3.62. The van der Waals surface area contributed by atoms with Crippen LogP contribution in [-0.2, 0) is 13.5 Å². The standard InChI is InChI=1S/C13H15N3O2/c1-16-11(7-9-15-16)6-8-14-13(18)10-2-4-12(17)5-3-10/h2-5,7,9,17H,6,8H2,1H3,(H,14,18). The molecule has 0 aliphatic rings. The molecule has 0 aliphatic carbocycles. The second-order valence-electron chi connectivity index (χ2n) is 4.00. The van der Waals surface area contributed by atoms with Crippen LogP contribution in [0.1, 0.15) is 16.1 Å². The lowest BCUT2D eigenvalue weighted by Gasteiger charge is -2.05. The van der Waals surface area contributed by atoms with Crippen molar-refractivity contribution in [3.63, 3.8) is 0 Å². The average Bonchev–Trinajstić information content (AvgIpc) is 2.76. The van der Waals surface area contributed by atoms with Crippen LogP contribution in [0.5, 0.6) is 5.75 Å². The van der Waals surface area contributed by atoms with E-state index in [2.05, 4.69) is 10.4 Å². The number of aromatic nitrogens is 2. The van der Waals surface area contributed by atoms with Crippen molar-refractivity contribution in [1.82, 2.24) is 15.1 Å². The van der Waals surface area contributed by atoms with Crippen molar-refractivity contribution in [2.24, 2.45) is 7.05 Å². The summed E-state index contributed by atoms with van der Waals surface area (Å²) in [5.74, 6) is 0.0126. The lowest BCUT2D eigenvalue weighted by molar-refractivity contribution is 0.0954. The van der Waals surface area contributed by atoms with E-state index in [1.165, 1.54) is 12.1 Å². The number of carbonyl (C=O) groups is 1. The largest absolute Gasteiger partial charge is 0.508 e. The van der Waals surface area contributed by atoms with Crippen LogP contribution in [0.4, 0.5) is 0 Å². The number of phenolic OH excluding ortho intramolecular Hbond substituents is 1. The van der Waals surface area contributed by atoms with Crippen LogP contribution in [0, 0.1) is 0 Å². The van der Waals surface area contributed by atoms with Crippen molar-refractivity contribution in [1.29, 1.82) is 0 Å². The Hall–Kier alpha value is -2.30. The number of hydrogen-bond donors (Lipinski definition) is 2. The zero-order valence-electron chi connectivity index (χ0n) is 10.1. The van der Waals surface area contributed by atoms with Crippen LogP contribution in [0.3, 0.4) is 0 Å². The number of nitrogens with one attached hydrogen (secondary N) is 1. The summed E-state index contributed by atoms with van der Waals surface area (Å²) in [5.41, 5.74) is 1.61. The average molecular weight is 245 g/mol. The van der Waals surface area contributed by atoms with Crippen LogP contribution in [-0.4, -0.2) is 27.3 Å². The van der Waals surface area contributed by atoms with E-state index in [9.17, 15) is 4.79 Å². The second kappa shape index (κ2) is 5.35. The summed E-state index contributed by atoms with van der Waals surface area (Å²) in [5, 5.41) is 16.0. The number of hydrogen-bond acceptors (Lipinski definition) is 3. The van der Waals surface area contributed by atoms with Crippen molar-refractivity contribution in [2.75, 3.05) is 6.54 Å². The normalized spacial score (nSPS) is 10.3. The van der Waals surface area contributed by atoms with Gasteiger partial charge in [0, 0.05) is 37.5 Å². The molecule has 5 nitrogen and oxygen atoms in total. The lowest BCUT2D eigenvalue weighted by Crippen LogP contribution is -2.26. The van der Waals surface area contributed by atoms with Crippen molar-refractivity contribution in [3.05, 3.63) is 47.8 Å². The molecule has 2 N–H and O–H groups in total. The molecule has 0 saturated carbocycles. The molecule has 0 atom stereocenters. The minimum atomic E-state index is -0.142. The highest BCUT2D eigenvalue weighted by molar-refractivity contribution is 5.94. The highest BCUT2D eigenvalue weighted by Crippen LogP contribution is 2.09. The first-order valence-corrected chi connectivity index (χ1v) is 5.71. The smallest absolute Gasteiger partial charge is 0.251 e. The quantitative estimate of drug-likeness (QED) is 0.847. The number of carbonyl (C=O) groups excluding carboxylic acids is 1. The molecule has 1 amide bonds. The fraction of sp³-hybridized carbons (Fsp3) is 0.231. The number of phenols is 1. The number of nitrogens with zero attached hydrogens (tertiary/aromatic N) is 2. The van der Waals surface area contributed by atoms with Gasteiger partial charge in [0.15, 0.2) is 0 Å². The molecule has 1 aromatic carbocycles. The van der Waals surface area contributed by atoms with Gasteiger partial charge in [0.1, 0.15) is 5.75 Å². The molecule has 5 heteroatoms. The van der Waals surface area contributed by atoms with Crippen molar-refractivity contribution in [2.45, 2.75) is 6.42 Å². The summed E-state index contributed by atoms with van der Waals surface area (Å²) in [7, 11) is 1.87. The van der Waals surface area contributed by atoms with Crippen LogP contribution < -0.4 is 5.32 Å². The molecule has 1 aromatic heterocycles. The zero-order chi connectivity index (χ0) is 13.0. The lowest BCUT2D eigenvalue weighted by atomic mass is 10.2. The molecular formula is C13H15N3O2. The van der Waals surface area contributed by atoms with E-state index in [0.717, 1.165) is 12.1 Å². The minimum absolute atomic E-state index is 0.142. The Bertz CT molecular complexity index is 531. The Morgan fingerprint density at radius 3 is 2.67 bits per heavy atom. The summed E-state index contributed by atoms with van der Waals surface area (Å²) in [4.78, 5) is 11.8. The third-order valence-corrected chi connectivity index (χ3v) is 2.72. The summed E-state index contributed by atoms with van der Waals surface area (Å²) >= 11 is 0. The Balaban J connectivity index is 1.85. The number of amides is 1. The number of rotatable bonds is 4. The van der Waals surface area contributed by atoms with Gasteiger partial charge in [-0.15, -0.1) is 0 Å². The molecule has 0 bridgehead atoms. The molecule has 0 radical (unpaired) electrons. The third-order valence-electron chi connectivity index (χ3n) is 2.72. The van der Waals surface area contributed by atoms with Crippen LogP contribution in [0.2, 0.25) is 0 Å². The Morgan fingerprint density at radius 2 is 2.06 bits per heavy atom. The highest BCUT2D eigenvalue weighted by atomic mass is 16.3. The Morgan fingerprint density at radius 1 is 1.33 bits per heavy atom. The van der Waals surface area contributed by atoms with Crippen LogP contribution in [0.25, 0.3) is 0 Å². The first-order chi connectivity index (χ1) is 8.66. The van der Waals surface area contributed by atoms with Crippen molar-refractivity contribution in [3.8, 4) is 5.75 Å². The van der Waals surface area contributed by atoms with E-state index >= 15 is 0 Å². The van der Waals surface area contributed by atoms with Crippen molar-refractivity contribution >= 4 is 5.91 Å². The van der Waals surface area contributed by atoms with Gasteiger partial charge in [0.05, 0.1) is 0 Å². The molecule has 0 aliphatic heterocycles. The van der Waals surface area contributed by atoms with Gasteiger partial charge in [0.2, 0.25) is 0 Å². The van der Waals surface area contributed by atoms with Crippen LogP contribution in [0.15, 0.2) is 36.5 Å². The summed E-state index contributed by atoms with van der Waals surface area (Å²) in [6, 6.07) is 8.10. The molecule has 0 saturated heterocycles. The summed E-state index contributed by atoms with van der Waals surface area (Å²) < 4.78 is 1.78. The summed E-state index contributed by atoms with van der Waals surface area (Å²) in [6.45, 7) is 0.555. The molecule has 0 spiro atoms. The molecule has 94 valence electrons. The first kappa shape index (κ1) is 12.2. The van der Waals surface area contributed by atoms with Gasteiger partial charge in [-0.25, -0.2) is 0 Å². The monoisotopic (exact) mass is 245 g/mol. The fourth-order valence-corrected chi connectivity index (χ4v) is 1.67. The van der Waals surface area contributed by atoms with Gasteiger partial charge in [-0.05, 0) is 30.3 Å². The van der Waals surface area contributed by atoms with E-state index in [4.69, 9.17) is 5.11 Å². The maximum atomic E-state index is 11.8. The van der Waals surface area contributed by atoms with Gasteiger partial charge in [-0.2, -0.15) is 5.10 Å². The van der Waals surface area contributed by atoms with Gasteiger partial charge in [0.25, 0.3) is 5.91 Å².